The molecule has 0 radical (unpaired) electrons. The SMILES string of the molecule is NCCCc1c2ccccc2cc2ccccc12. The second-order valence-corrected chi connectivity index (χ2v) is 4.69. The standard InChI is InChI=1S/C17H17N/c18-11-5-10-17-15-8-3-1-6-13(15)12-14-7-2-4-9-16(14)17/h1-4,6-9,12H,5,10-11,18H2. The van der Waals surface area contributed by atoms with E-state index in [1.807, 2.05) is 0 Å². The van der Waals surface area contributed by atoms with Crippen molar-refractivity contribution in [2.75, 3.05) is 6.54 Å². The lowest BCUT2D eigenvalue weighted by Crippen LogP contribution is -2.01. The Morgan fingerprint density at radius 3 is 1.89 bits per heavy atom. The Bertz CT molecular complexity index is 631. The van der Waals surface area contributed by atoms with Crippen molar-refractivity contribution in [1.29, 1.82) is 0 Å². The van der Waals surface area contributed by atoms with Gasteiger partial charge in [0.05, 0.1) is 0 Å². The molecule has 2 N–H and O–H groups in total. The fourth-order valence-electron chi connectivity index (χ4n) is 2.66. The number of aryl methyl sites for hydroxylation is 1. The van der Waals surface area contributed by atoms with E-state index in [9.17, 15) is 0 Å². The van der Waals surface area contributed by atoms with Crippen LogP contribution in [0.3, 0.4) is 0 Å². The van der Waals surface area contributed by atoms with Gasteiger partial charge in [0, 0.05) is 0 Å². The highest BCUT2D eigenvalue weighted by atomic mass is 14.5. The molecule has 0 aliphatic heterocycles. The largest absolute Gasteiger partial charge is 0.330 e. The lowest BCUT2D eigenvalue weighted by Gasteiger charge is -2.11. The summed E-state index contributed by atoms with van der Waals surface area (Å²) in [5.41, 5.74) is 7.10. The van der Waals surface area contributed by atoms with Crippen molar-refractivity contribution >= 4 is 21.5 Å². The van der Waals surface area contributed by atoms with Gasteiger partial charge in [-0.15, -0.1) is 0 Å². The molecule has 0 fully saturated rings. The normalized spacial score (nSPS) is 11.2. The molecule has 3 aromatic rings. The van der Waals surface area contributed by atoms with Gasteiger partial charge >= 0.3 is 0 Å². The van der Waals surface area contributed by atoms with Crippen LogP contribution in [0.15, 0.2) is 54.6 Å². The second-order valence-electron chi connectivity index (χ2n) is 4.69. The van der Waals surface area contributed by atoms with Crippen LogP contribution in [0.1, 0.15) is 12.0 Å². The third-order valence-corrected chi connectivity index (χ3v) is 3.51. The van der Waals surface area contributed by atoms with Crippen molar-refractivity contribution in [1.82, 2.24) is 0 Å². The summed E-state index contributed by atoms with van der Waals surface area (Å²) in [6.07, 6.45) is 2.09. The van der Waals surface area contributed by atoms with E-state index in [2.05, 4.69) is 54.6 Å². The Morgan fingerprint density at radius 2 is 1.33 bits per heavy atom. The molecule has 0 bridgehead atoms. The molecule has 3 rings (SSSR count). The van der Waals surface area contributed by atoms with Gasteiger partial charge in [0.1, 0.15) is 0 Å². The summed E-state index contributed by atoms with van der Waals surface area (Å²) < 4.78 is 0. The first-order valence-corrected chi connectivity index (χ1v) is 6.49. The summed E-state index contributed by atoms with van der Waals surface area (Å²) in [6, 6.07) is 19.5. The van der Waals surface area contributed by atoms with Crippen LogP contribution in [0.4, 0.5) is 0 Å². The summed E-state index contributed by atoms with van der Waals surface area (Å²) in [4.78, 5) is 0. The van der Waals surface area contributed by atoms with Crippen LogP contribution in [-0.2, 0) is 6.42 Å². The summed E-state index contributed by atoms with van der Waals surface area (Å²) in [6.45, 7) is 0.748. The van der Waals surface area contributed by atoms with Crippen molar-refractivity contribution in [3.63, 3.8) is 0 Å². The molecule has 0 atom stereocenters. The van der Waals surface area contributed by atoms with E-state index < -0.39 is 0 Å². The lowest BCUT2D eigenvalue weighted by molar-refractivity contribution is 0.841. The Labute approximate surface area is 107 Å². The number of hydrogen-bond acceptors (Lipinski definition) is 1. The van der Waals surface area contributed by atoms with E-state index in [-0.39, 0.29) is 0 Å². The van der Waals surface area contributed by atoms with Crippen LogP contribution in [0.25, 0.3) is 21.5 Å². The van der Waals surface area contributed by atoms with Crippen LogP contribution in [0.2, 0.25) is 0 Å². The molecule has 0 saturated carbocycles. The Balaban J connectivity index is 2.34. The molecule has 3 aromatic carbocycles. The topological polar surface area (TPSA) is 26.0 Å². The van der Waals surface area contributed by atoms with Gasteiger partial charge in [-0.1, -0.05) is 48.5 Å². The first kappa shape index (κ1) is 11.2. The molecule has 0 heterocycles. The third-order valence-electron chi connectivity index (χ3n) is 3.51. The second kappa shape index (κ2) is 4.79. The van der Waals surface area contributed by atoms with Crippen molar-refractivity contribution in [2.45, 2.75) is 12.8 Å². The highest BCUT2D eigenvalue weighted by Crippen LogP contribution is 2.29. The average Bonchev–Trinajstić information content (AvgIpc) is 2.43. The third kappa shape index (κ3) is 1.87. The fraction of sp³-hybridized carbons (Fsp3) is 0.176. The van der Waals surface area contributed by atoms with E-state index in [0.29, 0.717) is 0 Å². The number of fused-ring (bicyclic) bond motifs is 2. The van der Waals surface area contributed by atoms with Crippen LogP contribution in [0.5, 0.6) is 0 Å². The zero-order chi connectivity index (χ0) is 12.4. The molecule has 1 nitrogen and oxygen atoms in total. The molecule has 90 valence electrons. The molecule has 18 heavy (non-hydrogen) atoms. The van der Waals surface area contributed by atoms with Gasteiger partial charge < -0.3 is 5.73 Å². The first-order chi connectivity index (χ1) is 8.90. The molecule has 0 amide bonds. The number of hydrogen-bond donors (Lipinski definition) is 1. The summed E-state index contributed by atoms with van der Waals surface area (Å²) in [7, 11) is 0. The first-order valence-electron chi connectivity index (χ1n) is 6.49. The van der Waals surface area contributed by atoms with Gasteiger partial charge in [0.15, 0.2) is 0 Å². The lowest BCUT2D eigenvalue weighted by atomic mass is 9.94. The molecular weight excluding hydrogens is 218 g/mol. The zero-order valence-corrected chi connectivity index (χ0v) is 10.4. The van der Waals surface area contributed by atoms with Crippen LogP contribution < -0.4 is 5.73 Å². The monoisotopic (exact) mass is 235 g/mol. The van der Waals surface area contributed by atoms with Crippen molar-refractivity contribution in [2.24, 2.45) is 5.73 Å². The summed E-state index contributed by atoms with van der Waals surface area (Å²) >= 11 is 0. The van der Waals surface area contributed by atoms with Gasteiger partial charge in [0.25, 0.3) is 0 Å². The van der Waals surface area contributed by atoms with Crippen molar-refractivity contribution in [3.05, 3.63) is 60.2 Å². The van der Waals surface area contributed by atoms with E-state index in [1.165, 1.54) is 27.1 Å². The maximum absolute atomic E-state index is 5.66. The molecule has 0 spiro atoms. The quantitative estimate of drug-likeness (QED) is 0.685. The minimum absolute atomic E-state index is 0.748. The van der Waals surface area contributed by atoms with E-state index in [4.69, 9.17) is 5.73 Å². The maximum Gasteiger partial charge on any atom is -0.00741 e. The fourth-order valence-corrected chi connectivity index (χ4v) is 2.66. The average molecular weight is 235 g/mol. The number of rotatable bonds is 3. The zero-order valence-electron chi connectivity index (χ0n) is 10.4. The van der Waals surface area contributed by atoms with Crippen molar-refractivity contribution in [3.8, 4) is 0 Å². The van der Waals surface area contributed by atoms with E-state index in [0.717, 1.165) is 19.4 Å². The molecule has 0 unspecified atom stereocenters. The van der Waals surface area contributed by atoms with Gasteiger partial charge in [-0.05, 0) is 52.6 Å². The Kier molecular flexibility index (Phi) is 2.99. The molecule has 1 heteroatoms. The summed E-state index contributed by atoms with van der Waals surface area (Å²) in [5.74, 6) is 0. The van der Waals surface area contributed by atoms with Gasteiger partial charge in [-0.3, -0.25) is 0 Å². The highest BCUT2D eigenvalue weighted by molar-refractivity contribution is 6.02. The van der Waals surface area contributed by atoms with Gasteiger partial charge in [0.2, 0.25) is 0 Å². The van der Waals surface area contributed by atoms with E-state index >= 15 is 0 Å². The van der Waals surface area contributed by atoms with E-state index in [1.54, 1.807) is 0 Å². The minimum Gasteiger partial charge on any atom is -0.330 e. The molecule has 0 aliphatic carbocycles. The van der Waals surface area contributed by atoms with Crippen LogP contribution in [-0.4, -0.2) is 6.54 Å². The highest BCUT2D eigenvalue weighted by Gasteiger charge is 2.06. The van der Waals surface area contributed by atoms with Crippen molar-refractivity contribution < 1.29 is 0 Å². The minimum atomic E-state index is 0.748. The Morgan fingerprint density at radius 1 is 0.778 bits per heavy atom. The van der Waals surface area contributed by atoms with Crippen LogP contribution >= 0.6 is 0 Å². The molecular formula is C17H17N. The number of benzene rings is 3. The van der Waals surface area contributed by atoms with Gasteiger partial charge in [-0.25, -0.2) is 0 Å². The number of nitrogens with two attached hydrogens (primary N) is 1. The predicted octanol–water partition coefficient (Wildman–Crippen LogP) is 3.88. The van der Waals surface area contributed by atoms with Crippen LogP contribution in [0, 0.1) is 0 Å². The molecule has 0 aromatic heterocycles. The molecule has 0 saturated heterocycles. The smallest absolute Gasteiger partial charge is 0.00741 e. The Hall–Kier alpha value is -1.86. The maximum atomic E-state index is 5.66. The summed E-state index contributed by atoms with van der Waals surface area (Å²) in [5, 5.41) is 5.38. The molecule has 0 aliphatic rings. The van der Waals surface area contributed by atoms with Gasteiger partial charge in [-0.2, -0.15) is 0 Å². The predicted molar refractivity (Wildman–Crippen MR) is 78.8 cm³/mol.